The van der Waals surface area contributed by atoms with Crippen molar-refractivity contribution in [2.75, 3.05) is 0 Å². The number of hydrogen-bond acceptors (Lipinski definition) is 4. The molecule has 1 aromatic carbocycles. The van der Waals surface area contributed by atoms with Gasteiger partial charge in [0, 0.05) is 5.39 Å². The predicted octanol–water partition coefficient (Wildman–Crippen LogP) is 3.00. The van der Waals surface area contributed by atoms with E-state index in [9.17, 15) is 5.26 Å². The Hall–Kier alpha value is -0.675. The van der Waals surface area contributed by atoms with E-state index in [2.05, 4.69) is 33.2 Å². The van der Waals surface area contributed by atoms with Gasteiger partial charge in [0.05, 0.1) is 28.7 Å². The van der Waals surface area contributed by atoms with Crippen molar-refractivity contribution in [1.29, 1.82) is 5.26 Å². The van der Waals surface area contributed by atoms with Gasteiger partial charge in [0.1, 0.15) is 11.7 Å². The minimum absolute atomic E-state index is 0.405. The molecule has 0 aliphatic carbocycles. The molecule has 1 unspecified atom stereocenters. The van der Waals surface area contributed by atoms with Crippen LogP contribution in [0.3, 0.4) is 0 Å². The maximum atomic E-state index is 9.34. The van der Waals surface area contributed by atoms with Crippen LogP contribution in [-0.2, 0) is 9.31 Å². The molecule has 0 bridgehead atoms. The van der Waals surface area contributed by atoms with Crippen molar-refractivity contribution in [3.05, 3.63) is 23.8 Å². The first-order chi connectivity index (χ1) is 10.3. The van der Waals surface area contributed by atoms with Crippen LogP contribution in [0.15, 0.2) is 18.2 Å². The van der Waals surface area contributed by atoms with Gasteiger partial charge in [0.25, 0.3) is 0 Å². The molecule has 2 aromatic rings. The fraction of sp³-hybridized carbons (Fsp3) is 0.429. The number of para-hydroxylation sites is 1. The molecule has 0 radical (unpaired) electrons. The van der Waals surface area contributed by atoms with Gasteiger partial charge < -0.3 is 9.31 Å². The first-order valence-corrected chi connectivity index (χ1v) is 11.0. The van der Waals surface area contributed by atoms with Crippen molar-refractivity contribution in [2.45, 2.75) is 38.9 Å². The van der Waals surface area contributed by atoms with E-state index in [1.807, 2.05) is 50.3 Å². The maximum absolute atomic E-state index is 9.34. The molecular formula is C14H16BIN3O2P. The highest BCUT2D eigenvalue weighted by atomic mass is 127. The number of nitrogens with zero attached hydrogens (tertiary/aromatic N) is 3. The van der Waals surface area contributed by atoms with Gasteiger partial charge in [-0.1, -0.05) is 12.1 Å². The van der Waals surface area contributed by atoms with Crippen LogP contribution in [0.2, 0.25) is 0 Å². The van der Waals surface area contributed by atoms with Crippen molar-refractivity contribution in [1.82, 2.24) is 9.55 Å². The molecule has 0 N–H and O–H groups in total. The Bertz CT molecular complexity index is 768. The van der Waals surface area contributed by atoms with Crippen molar-refractivity contribution in [2.24, 2.45) is 0 Å². The van der Waals surface area contributed by atoms with Crippen molar-refractivity contribution < 1.29 is 9.31 Å². The molecule has 1 saturated heterocycles. The number of aromatic nitrogens is 2. The number of rotatable bonds is 2. The van der Waals surface area contributed by atoms with Gasteiger partial charge in [-0.2, -0.15) is 10.4 Å². The lowest BCUT2D eigenvalue weighted by Gasteiger charge is -2.32. The van der Waals surface area contributed by atoms with E-state index in [1.54, 1.807) is 0 Å². The normalized spacial score (nSPS) is 20.1. The van der Waals surface area contributed by atoms with Crippen LogP contribution in [-0.4, -0.2) is 27.9 Å². The largest absolute Gasteiger partial charge is 0.517 e. The molecule has 3 rings (SSSR count). The average molecular weight is 427 g/mol. The summed E-state index contributed by atoms with van der Waals surface area (Å²) in [4.78, 5) is 0. The number of hydrogen-bond donors (Lipinski definition) is 0. The quantitative estimate of drug-likeness (QED) is 0.420. The van der Waals surface area contributed by atoms with Crippen LogP contribution in [0.25, 0.3) is 10.9 Å². The van der Waals surface area contributed by atoms with Gasteiger partial charge in [-0.15, -0.1) is 0 Å². The molecule has 5 nitrogen and oxygen atoms in total. The summed E-state index contributed by atoms with van der Waals surface area (Å²) in [5, 5.41) is 14.9. The van der Waals surface area contributed by atoms with Crippen LogP contribution < -0.4 is 5.59 Å². The SMILES string of the molecule is CC1(C)OB(c2nn(PI)c3c(C#N)cccc23)OC1(C)C. The van der Waals surface area contributed by atoms with E-state index in [0.29, 0.717) is 11.9 Å². The van der Waals surface area contributed by atoms with Crippen LogP contribution in [0.1, 0.15) is 33.3 Å². The third-order valence-electron chi connectivity index (χ3n) is 4.41. The first-order valence-electron chi connectivity index (χ1n) is 6.95. The summed E-state index contributed by atoms with van der Waals surface area (Å²) < 4.78 is 14.1. The van der Waals surface area contributed by atoms with Crippen LogP contribution in [0, 0.1) is 11.3 Å². The minimum atomic E-state index is -0.518. The van der Waals surface area contributed by atoms with Gasteiger partial charge in [-0.3, -0.25) is 0 Å². The van der Waals surface area contributed by atoms with Gasteiger partial charge in [-0.05, 0) is 55.8 Å². The molecule has 1 aliphatic rings. The number of halogens is 1. The Balaban J connectivity index is 2.16. The molecule has 114 valence electrons. The number of benzene rings is 1. The molecule has 1 aliphatic heterocycles. The molecule has 8 heteroatoms. The van der Waals surface area contributed by atoms with E-state index < -0.39 is 18.3 Å². The first kappa shape index (κ1) is 16.2. The zero-order valence-corrected chi connectivity index (χ0v) is 16.0. The van der Waals surface area contributed by atoms with Crippen LogP contribution >= 0.6 is 28.4 Å². The zero-order chi connectivity index (χ0) is 16.1. The second-order valence-corrected chi connectivity index (χ2v) is 8.32. The Morgan fingerprint density at radius 1 is 1.27 bits per heavy atom. The highest BCUT2D eigenvalue weighted by Gasteiger charge is 2.53. The molecule has 1 atom stereocenters. The average Bonchev–Trinajstić information content (AvgIpc) is 2.93. The molecule has 0 spiro atoms. The van der Waals surface area contributed by atoms with Crippen LogP contribution in [0.5, 0.6) is 0 Å². The molecule has 0 amide bonds. The van der Waals surface area contributed by atoms with Gasteiger partial charge in [0.2, 0.25) is 0 Å². The smallest absolute Gasteiger partial charge is 0.398 e. The third-order valence-corrected chi connectivity index (χ3v) is 6.26. The Kier molecular flexibility index (Phi) is 4.01. The summed E-state index contributed by atoms with van der Waals surface area (Å²) >= 11 is 2.26. The van der Waals surface area contributed by atoms with Crippen molar-refractivity contribution in [3.63, 3.8) is 0 Å². The fourth-order valence-electron chi connectivity index (χ4n) is 2.47. The van der Waals surface area contributed by atoms with Gasteiger partial charge in [0.15, 0.2) is 0 Å². The molecular weight excluding hydrogens is 411 g/mol. The topological polar surface area (TPSA) is 60.1 Å². The molecule has 22 heavy (non-hydrogen) atoms. The second kappa shape index (κ2) is 5.45. The summed E-state index contributed by atoms with van der Waals surface area (Å²) in [6.45, 7) is 8.08. The highest BCUT2D eigenvalue weighted by Crippen LogP contribution is 2.37. The van der Waals surface area contributed by atoms with Gasteiger partial charge in [-0.25, -0.2) is 4.45 Å². The minimum Gasteiger partial charge on any atom is -0.398 e. The second-order valence-electron chi connectivity index (χ2n) is 6.28. The number of fused-ring (bicyclic) bond motifs is 1. The maximum Gasteiger partial charge on any atom is 0.517 e. The lowest BCUT2D eigenvalue weighted by Crippen LogP contribution is -2.41. The van der Waals surface area contributed by atoms with Crippen molar-refractivity contribution in [3.8, 4) is 6.07 Å². The van der Waals surface area contributed by atoms with E-state index >= 15 is 0 Å². The lowest BCUT2D eigenvalue weighted by atomic mass is 9.82. The predicted molar refractivity (Wildman–Crippen MR) is 97.9 cm³/mol. The molecule has 1 aromatic heterocycles. The zero-order valence-electron chi connectivity index (χ0n) is 12.8. The number of nitriles is 1. The standard InChI is InChI=1S/C14H16BIN3O2P/c1-13(2)14(3,4)21-15(20-13)12-10-7-5-6-9(8-17)11(10)19(18-12)22-16/h5-7,22H,1-4H3. The van der Waals surface area contributed by atoms with Gasteiger partial charge >= 0.3 is 7.12 Å². The summed E-state index contributed by atoms with van der Waals surface area (Å²) in [7, 11) is -0.518. The van der Waals surface area contributed by atoms with E-state index in [4.69, 9.17) is 9.31 Å². The molecule has 1 fully saturated rings. The van der Waals surface area contributed by atoms with E-state index in [0.717, 1.165) is 16.5 Å². The summed E-state index contributed by atoms with van der Waals surface area (Å²) in [6.07, 6.45) is 0.405. The Labute approximate surface area is 144 Å². The highest BCUT2D eigenvalue weighted by molar-refractivity contribution is 14.2. The Morgan fingerprint density at radius 2 is 1.91 bits per heavy atom. The van der Waals surface area contributed by atoms with E-state index in [-0.39, 0.29) is 0 Å². The molecule has 2 heterocycles. The monoisotopic (exact) mass is 427 g/mol. The summed E-state index contributed by atoms with van der Waals surface area (Å²) in [5.41, 5.74) is 1.40. The third kappa shape index (κ3) is 2.37. The van der Waals surface area contributed by atoms with Crippen LogP contribution in [0.4, 0.5) is 0 Å². The van der Waals surface area contributed by atoms with E-state index in [1.165, 1.54) is 0 Å². The summed E-state index contributed by atoms with van der Waals surface area (Å²) in [6, 6.07) is 7.89. The summed E-state index contributed by atoms with van der Waals surface area (Å²) in [5.74, 6) is 0. The van der Waals surface area contributed by atoms with Crippen molar-refractivity contribution >= 4 is 52.0 Å². The molecule has 0 saturated carbocycles. The lowest BCUT2D eigenvalue weighted by molar-refractivity contribution is 0.00578. The fourth-order valence-corrected chi connectivity index (χ4v) is 3.99. The Morgan fingerprint density at radius 3 is 2.45 bits per heavy atom.